The van der Waals surface area contributed by atoms with E-state index in [4.69, 9.17) is 0 Å². The highest BCUT2D eigenvalue weighted by molar-refractivity contribution is 7.90. The first-order valence-electron chi connectivity index (χ1n) is 5.51. The van der Waals surface area contributed by atoms with Crippen LogP contribution in [0, 0.1) is 12.7 Å². The molecule has 0 aliphatic heterocycles. The van der Waals surface area contributed by atoms with Crippen LogP contribution in [0.15, 0.2) is 53.4 Å². The van der Waals surface area contributed by atoms with Crippen LogP contribution in [0.3, 0.4) is 0 Å². The smallest absolute Gasteiger partial charge is 0.182 e. The molecule has 0 saturated carbocycles. The maximum atomic E-state index is 12.7. The van der Waals surface area contributed by atoms with Gasteiger partial charge in [0.1, 0.15) is 5.82 Å². The Bertz CT molecular complexity index is 628. The molecule has 0 saturated heterocycles. The molecular weight excluding hydrogens is 251 g/mol. The van der Waals surface area contributed by atoms with Crippen molar-refractivity contribution in [2.45, 2.75) is 17.6 Å². The van der Waals surface area contributed by atoms with Crippen molar-refractivity contribution in [1.29, 1.82) is 0 Å². The van der Waals surface area contributed by atoms with Gasteiger partial charge in [-0.2, -0.15) is 0 Å². The van der Waals surface area contributed by atoms with Gasteiger partial charge in [0, 0.05) is 0 Å². The first-order chi connectivity index (χ1) is 8.47. The lowest BCUT2D eigenvalue weighted by molar-refractivity contribution is 0.595. The summed E-state index contributed by atoms with van der Waals surface area (Å²) in [7, 11) is -3.37. The Balaban J connectivity index is 2.27. The zero-order chi connectivity index (χ0) is 13.2. The summed E-state index contributed by atoms with van der Waals surface area (Å²) in [6, 6.07) is 12.2. The summed E-state index contributed by atoms with van der Waals surface area (Å²) in [6.45, 7) is 1.90. The van der Waals surface area contributed by atoms with E-state index in [1.54, 1.807) is 24.3 Å². The first kappa shape index (κ1) is 12.8. The average molecular weight is 264 g/mol. The highest BCUT2D eigenvalue weighted by atomic mass is 32.2. The average Bonchev–Trinajstić information content (AvgIpc) is 2.32. The summed E-state index contributed by atoms with van der Waals surface area (Å²) in [5.41, 5.74) is 1.59. The Labute approximate surface area is 106 Å². The molecule has 0 N–H and O–H groups in total. The lowest BCUT2D eigenvalue weighted by Crippen LogP contribution is -2.04. The summed E-state index contributed by atoms with van der Waals surface area (Å²) in [4.78, 5) is 0.289. The van der Waals surface area contributed by atoms with Gasteiger partial charge < -0.3 is 0 Å². The third-order valence-corrected chi connectivity index (χ3v) is 4.35. The van der Waals surface area contributed by atoms with Crippen LogP contribution >= 0.6 is 0 Å². The maximum absolute atomic E-state index is 12.7. The van der Waals surface area contributed by atoms with Crippen molar-refractivity contribution in [3.63, 3.8) is 0 Å². The van der Waals surface area contributed by atoms with Crippen LogP contribution in [0.2, 0.25) is 0 Å². The van der Waals surface area contributed by atoms with Crippen molar-refractivity contribution in [2.75, 3.05) is 0 Å². The minimum absolute atomic E-state index is 0.115. The van der Waals surface area contributed by atoms with Crippen molar-refractivity contribution >= 4 is 9.84 Å². The fourth-order valence-electron chi connectivity index (χ4n) is 1.63. The summed E-state index contributed by atoms with van der Waals surface area (Å²) < 4.78 is 36.9. The molecule has 4 heteroatoms. The van der Waals surface area contributed by atoms with E-state index in [-0.39, 0.29) is 16.5 Å². The summed E-state index contributed by atoms with van der Waals surface area (Å²) in [5.74, 6) is -0.484. The van der Waals surface area contributed by atoms with E-state index in [1.165, 1.54) is 24.3 Å². The molecule has 2 nitrogen and oxygen atoms in total. The summed E-state index contributed by atoms with van der Waals surface area (Å²) in [5, 5.41) is 0. The Morgan fingerprint density at radius 1 is 0.944 bits per heavy atom. The van der Waals surface area contributed by atoms with E-state index in [2.05, 4.69) is 0 Å². The van der Waals surface area contributed by atoms with Gasteiger partial charge in [-0.15, -0.1) is 0 Å². The second-order valence-electron chi connectivity index (χ2n) is 4.20. The van der Waals surface area contributed by atoms with Gasteiger partial charge in [-0.1, -0.05) is 29.8 Å². The SMILES string of the molecule is Cc1ccc(S(=O)(=O)Cc2ccc(F)cc2)cc1. The second-order valence-corrected chi connectivity index (χ2v) is 6.19. The van der Waals surface area contributed by atoms with E-state index < -0.39 is 9.84 Å². The number of aryl methyl sites for hydroxylation is 1. The summed E-state index contributed by atoms with van der Waals surface area (Å²) in [6.07, 6.45) is 0. The number of hydrogen-bond acceptors (Lipinski definition) is 2. The third-order valence-electron chi connectivity index (χ3n) is 2.65. The Morgan fingerprint density at radius 3 is 2.06 bits per heavy atom. The molecule has 2 aromatic rings. The van der Waals surface area contributed by atoms with Gasteiger partial charge in [0.15, 0.2) is 9.84 Å². The van der Waals surface area contributed by atoms with Crippen molar-refractivity contribution < 1.29 is 12.8 Å². The lowest BCUT2D eigenvalue weighted by Gasteiger charge is -2.05. The van der Waals surface area contributed by atoms with Gasteiger partial charge in [0.25, 0.3) is 0 Å². The molecule has 0 atom stereocenters. The highest BCUT2D eigenvalue weighted by Crippen LogP contribution is 2.17. The van der Waals surface area contributed by atoms with Gasteiger partial charge >= 0.3 is 0 Å². The minimum atomic E-state index is -3.37. The molecule has 0 amide bonds. The largest absolute Gasteiger partial charge is 0.223 e. The molecule has 0 bridgehead atoms. The van der Waals surface area contributed by atoms with Gasteiger partial charge in [0.2, 0.25) is 0 Å². The fraction of sp³-hybridized carbons (Fsp3) is 0.143. The van der Waals surface area contributed by atoms with Crippen molar-refractivity contribution in [2.24, 2.45) is 0 Å². The summed E-state index contributed by atoms with van der Waals surface area (Å²) >= 11 is 0. The molecule has 0 heterocycles. The van der Waals surface area contributed by atoms with Crippen LogP contribution in [0.4, 0.5) is 4.39 Å². The van der Waals surface area contributed by atoms with E-state index in [1.807, 2.05) is 6.92 Å². The molecular formula is C14H13FO2S. The van der Waals surface area contributed by atoms with E-state index in [9.17, 15) is 12.8 Å². The van der Waals surface area contributed by atoms with Gasteiger partial charge in [-0.3, -0.25) is 0 Å². The van der Waals surface area contributed by atoms with Crippen LogP contribution in [-0.4, -0.2) is 8.42 Å². The third kappa shape index (κ3) is 2.96. The molecule has 0 aliphatic rings. The zero-order valence-electron chi connectivity index (χ0n) is 9.93. The van der Waals surface area contributed by atoms with E-state index in [0.717, 1.165) is 5.56 Å². The zero-order valence-corrected chi connectivity index (χ0v) is 10.7. The van der Waals surface area contributed by atoms with Gasteiger partial charge in [-0.05, 0) is 36.8 Å². The van der Waals surface area contributed by atoms with E-state index >= 15 is 0 Å². The molecule has 0 fully saturated rings. The molecule has 18 heavy (non-hydrogen) atoms. The molecule has 94 valence electrons. The van der Waals surface area contributed by atoms with Gasteiger partial charge in [0.05, 0.1) is 10.6 Å². The lowest BCUT2D eigenvalue weighted by atomic mass is 10.2. The standard InChI is InChI=1S/C14H13FO2S/c1-11-2-8-14(9-3-11)18(16,17)10-12-4-6-13(15)7-5-12/h2-9H,10H2,1H3. The minimum Gasteiger partial charge on any atom is -0.223 e. The van der Waals surface area contributed by atoms with Crippen LogP contribution < -0.4 is 0 Å². The maximum Gasteiger partial charge on any atom is 0.182 e. The number of halogens is 1. The topological polar surface area (TPSA) is 34.1 Å². The predicted octanol–water partition coefficient (Wildman–Crippen LogP) is 3.11. The van der Waals surface area contributed by atoms with Gasteiger partial charge in [-0.25, -0.2) is 12.8 Å². The number of hydrogen-bond donors (Lipinski definition) is 0. The van der Waals surface area contributed by atoms with Crippen molar-refractivity contribution in [1.82, 2.24) is 0 Å². The fourth-order valence-corrected chi connectivity index (χ4v) is 2.98. The molecule has 0 aromatic heterocycles. The monoisotopic (exact) mass is 264 g/mol. The van der Waals surface area contributed by atoms with Crippen LogP contribution in [0.5, 0.6) is 0 Å². The normalized spacial score (nSPS) is 11.4. The second kappa shape index (κ2) is 4.90. The Kier molecular flexibility index (Phi) is 3.48. The number of sulfone groups is 1. The first-order valence-corrected chi connectivity index (χ1v) is 7.16. The Hall–Kier alpha value is -1.68. The van der Waals surface area contributed by atoms with Crippen LogP contribution in [0.25, 0.3) is 0 Å². The molecule has 2 rings (SSSR count). The number of rotatable bonds is 3. The van der Waals surface area contributed by atoms with Crippen LogP contribution in [0.1, 0.15) is 11.1 Å². The molecule has 0 unspecified atom stereocenters. The quantitative estimate of drug-likeness (QED) is 0.853. The van der Waals surface area contributed by atoms with Crippen molar-refractivity contribution in [3.8, 4) is 0 Å². The number of benzene rings is 2. The predicted molar refractivity (Wildman–Crippen MR) is 68.5 cm³/mol. The van der Waals surface area contributed by atoms with Crippen molar-refractivity contribution in [3.05, 3.63) is 65.5 Å². The Morgan fingerprint density at radius 2 is 1.50 bits per heavy atom. The molecule has 0 aliphatic carbocycles. The molecule has 0 radical (unpaired) electrons. The van der Waals surface area contributed by atoms with E-state index in [0.29, 0.717) is 5.56 Å². The highest BCUT2D eigenvalue weighted by Gasteiger charge is 2.14. The van der Waals surface area contributed by atoms with Crippen LogP contribution in [-0.2, 0) is 15.6 Å². The molecule has 2 aromatic carbocycles. The molecule has 0 spiro atoms.